The van der Waals surface area contributed by atoms with Gasteiger partial charge in [0.05, 0.1) is 17.3 Å². The van der Waals surface area contributed by atoms with Crippen LogP contribution in [0.4, 0.5) is 10.9 Å². The quantitative estimate of drug-likeness (QED) is 0.700. The standard InChI is InChI=1S/C16H16N4O4S/c1-9-7-13(20-24-9)18-14(21)5-6-15(22)19-16-17-11-4-3-10(23-2)8-12(11)25-16/h3-4,7-8H,5-6H2,1-2H3,(H,17,19,22)(H,18,20,21). The van der Waals surface area contributed by atoms with Crippen LogP contribution in [0.3, 0.4) is 0 Å². The maximum atomic E-state index is 12.0. The van der Waals surface area contributed by atoms with Crippen LogP contribution in [0.15, 0.2) is 28.8 Å². The third-order valence-electron chi connectivity index (χ3n) is 3.32. The molecule has 0 bridgehead atoms. The maximum absolute atomic E-state index is 12.0. The normalized spacial score (nSPS) is 10.6. The Hall–Kier alpha value is -2.94. The van der Waals surface area contributed by atoms with E-state index in [2.05, 4.69) is 20.8 Å². The van der Waals surface area contributed by atoms with Gasteiger partial charge in [0, 0.05) is 18.9 Å². The third kappa shape index (κ3) is 4.32. The lowest BCUT2D eigenvalue weighted by Crippen LogP contribution is -2.17. The predicted molar refractivity (Wildman–Crippen MR) is 93.9 cm³/mol. The fourth-order valence-corrected chi connectivity index (χ4v) is 3.04. The molecule has 3 aromatic rings. The number of nitrogens with one attached hydrogen (secondary N) is 2. The molecule has 2 N–H and O–H groups in total. The summed E-state index contributed by atoms with van der Waals surface area (Å²) in [5.41, 5.74) is 0.778. The van der Waals surface area contributed by atoms with Gasteiger partial charge in [-0.15, -0.1) is 0 Å². The molecule has 0 spiro atoms. The molecule has 0 aliphatic heterocycles. The van der Waals surface area contributed by atoms with E-state index in [1.165, 1.54) is 11.3 Å². The first-order valence-electron chi connectivity index (χ1n) is 7.51. The molecule has 0 saturated carbocycles. The SMILES string of the molecule is COc1ccc2nc(NC(=O)CCC(=O)Nc3cc(C)on3)sc2c1. The van der Waals surface area contributed by atoms with Gasteiger partial charge in [0.25, 0.3) is 0 Å². The Balaban J connectivity index is 1.52. The van der Waals surface area contributed by atoms with Crippen LogP contribution in [0.25, 0.3) is 10.2 Å². The first-order valence-corrected chi connectivity index (χ1v) is 8.33. The highest BCUT2D eigenvalue weighted by Crippen LogP contribution is 2.29. The molecular formula is C16H16N4O4S. The number of methoxy groups -OCH3 is 1. The van der Waals surface area contributed by atoms with Crippen LogP contribution >= 0.6 is 11.3 Å². The zero-order valence-corrected chi connectivity index (χ0v) is 14.5. The van der Waals surface area contributed by atoms with Gasteiger partial charge < -0.3 is 19.9 Å². The molecule has 0 aliphatic carbocycles. The molecule has 25 heavy (non-hydrogen) atoms. The van der Waals surface area contributed by atoms with Crippen molar-refractivity contribution in [2.24, 2.45) is 0 Å². The molecule has 3 rings (SSSR count). The van der Waals surface area contributed by atoms with Crippen molar-refractivity contribution in [3.8, 4) is 5.75 Å². The van der Waals surface area contributed by atoms with Crippen molar-refractivity contribution >= 4 is 44.3 Å². The Bertz CT molecular complexity index is 918. The highest BCUT2D eigenvalue weighted by atomic mass is 32.1. The smallest absolute Gasteiger partial charge is 0.226 e. The number of carbonyl (C=O) groups is 2. The Morgan fingerprint density at radius 1 is 1.20 bits per heavy atom. The number of hydrogen-bond acceptors (Lipinski definition) is 7. The van der Waals surface area contributed by atoms with Gasteiger partial charge in [-0.2, -0.15) is 0 Å². The molecule has 2 aromatic heterocycles. The molecular weight excluding hydrogens is 344 g/mol. The number of carbonyl (C=O) groups excluding carboxylic acids is 2. The molecule has 0 saturated heterocycles. The number of aromatic nitrogens is 2. The van der Waals surface area contributed by atoms with Crippen molar-refractivity contribution < 1.29 is 18.8 Å². The van der Waals surface area contributed by atoms with Crippen LogP contribution < -0.4 is 15.4 Å². The lowest BCUT2D eigenvalue weighted by molar-refractivity contribution is -0.121. The second-order valence-corrected chi connectivity index (χ2v) is 6.30. The fraction of sp³-hybridized carbons (Fsp3) is 0.250. The highest BCUT2D eigenvalue weighted by Gasteiger charge is 2.12. The van der Waals surface area contributed by atoms with Crippen LogP contribution in [0.2, 0.25) is 0 Å². The molecule has 0 aliphatic rings. The zero-order chi connectivity index (χ0) is 17.8. The van der Waals surface area contributed by atoms with Gasteiger partial charge in [-0.1, -0.05) is 16.5 Å². The number of ether oxygens (including phenoxy) is 1. The number of amides is 2. The third-order valence-corrected chi connectivity index (χ3v) is 4.25. The van der Waals surface area contributed by atoms with E-state index in [9.17, 15) is 9.59 Å². The molecule has 8 nitrogen and oxygen atoms in total. The van der Waals surface area contributed by atoms with Crippen molar-refractivity contribution in [2.75, 3.05) is 17.7 Å². The van der Waals surface area contributed by atoms with Gasteiger partial charge in [-0.3, -0.25) is 9.59 Å². The van der Waals surface area contributed by atoms with E-state index in [4.69, 9.17) is 9.26 Å². The molecule has 2 heterocycles. The first kappa shape index (κ1) is 16.9. The molecule has 9 heteroatoms. The Kier molecular flexibility index (Phi) is 4.94. The molecule has 0 radical (unpaired) electrons. The maximum Gasteiger partial charge on any atom is 0.226 e. The monoisotopic (exact) mass is 360 g/mol. The minimum absolute atomic E-state index is 0.0382. The van der Waals surface area contributed by atoms with E-state index in [1.807, 2.05) is 18.2 Å². The molecule has 1 aromatic carbocycles. The van der Waals surface area contributed by atoms with Crippen molar-refractivity contribution in [3.05, 3.63) is 30.0 Å². The number of benzene rings is 1. The van der Waals surface area contributed by atoms with Gasteiger partial charge in [-0.05, 0) is 25.1 Å². The van der Waals surface area contributed by atoms with E-state index in [0.717, 1.165) is 16.0 Å². The van der Waals surface area contributed by atoms with Crippen molar-refractivity contribution in [1.29, 1.82) is 0 Å². The second kappa shape index (κ2) is 7.31. The minimum Gasteiger partial charge on any atom is -0.497 e. The zero-order valence-electron chi connectivity index (χ0n) is 13.7. The molecule has 0 fully saturated rings. The van der Waals surface area contributed by atoms with Gasteiger partial charge in [0.2, 0.25) is 11.8 Å². The summed E-state index contributed by atoms with van der Waals surface area (Å²) >= 11 is 1.35. The number of rotatable bonds is 6. The molecule has 130 valence electrons. The number of nitrogens with zero attached hydrogens (tertiary/aromatic N) is 2. The molecule has 0 atom stereocenters. The number of fused-ring (bicyclic) bond motifs is 1. The van der Waals surface area contributed by atoms with Gasteiger partial charge in [-0.25, -0.2) is 4.98 Å². The lowest BCUT2D eigenvalue weighted by Gasteiger charge is -2.02. The Morgan fingerprint density at radius 2 is 1.96 bits per heavy atom. The average Bonchev–Trinajstić information content (AvgIpc) is 3.17. The van der Waals surface area contributed by atoms with Crippen LogP contribution in [0, 0.1) is 6.92 Å². The van der Waals surface area contributed by atoms with Crippen LogP contribution in [0.1, 0.15) is 18.6 Å². The summed E-state index contributed by atoms with van der Waals surface area (Å²) in [5.74, 6) is 1.08. The Labute approximate surface area is 147 Å². The summed E-state index contributed by atoms with van der Waals surface area (Å²) in [6.07, 6.45) is 0.0817. The summed E-state index contributed by atoms with van der Waals surface area (Å²) in [7, 11) is 1.59. The number of thiazole rings is 1. The second-order valence-electron chi connectivity index (χ2n) is 5.27. The van der Waals surface area contributed by atoms with E-state index in [1.54, 1.807) is 20.1 Å². The summed E-state index contributed by atoms with van der Waals surface area (Å²) < 4.78 is 10.9. The van der Waals surface area contributed by atoms with Gasteiger partial charge >= 0.3 is 0 Å². The number of aryl methyl sites for hydroxylation is 1. The first-order chi connectivity index (χ1) is 12.0. The highest BCUT2D eigenvalue weighted by molar-refractivity contribution is 7.22. The van der Waals surface area contributed by atoms with Crippen molar-refractivity contribution in [3.63, 3.8) is 0 Å². The van der Waals surface area contributed by atoms with Crippen LogP contribution in [-0.4, -0.2) is 29.1 Å². The van der Waals surface area contributed by atoms with Crippen molar-refractivity contribution in [2.45, 2.75) is 19.8 Å². The lowest BCUT2D eigenvalue weighted by atomic mass is 10.3. The van der Waals surface area contributed by atoms with Crippen molar-refractivity contribution in [1.82, 2.24) is 10.1 Å². The number of hydrogen-bond donors (Lipinski definition) is 2. The topological polar surface area (TPSA) is 106 Å². The summed E-state index contributed by atoms with van der Waals surface area (Å²) in [4.78, 5) is 28.1. The molecule has 0 unspecified atom stereocenters. The van der Waals surface area contributed by atoms with E-state index < -0.39 is 0 Å². The minimum atomic E-state index is -0.308. The summed E-state index contributed by atoms with van der Waals surface area (Å²) in [5, 5.41) is 9.42. The molecule has 2 amide bonds. The van der Waals surface area contributed by atoms with E-state index in [-0.39, 0.29) is 24.7 Å². The fourth-order valence-electron chi connectivity index (χ4n) is 2.12. The van der Waals surface area contributed by atoms with Gasteiger partial charge in [0.1, 0.15) is 11.5 Å². The van der Waals surface area contributed by atoms with Crippen LogP contribution in [-0.2, 0) is 9.59 Å². The average molecular weight is 360 g/mol. The Morgan fingerprint density at radius 3 is 2.64 bits per heavy atom. The largest absolute Gasteiger partial charge is 0.497 e. The van der Waals surface area contributed by atoms with E-state index >= 15 is 0 Å². The summed E-state index contributed by atoms with van der Waals surface area (Å²) in [6, 6.07) is 7.10. The van der Waals surface area contributed by atoms with Crippen LogP contribution in [0.5, 0.6) is 5.75 Å². The predicted octanol–water partition coefficient (Wildman–Crippen LogP) is 2.96. The van der Waals surface area contributed by atoms with Gasteiger partial charge in [0.15, 0.2) is 10.9 Å². The number of anilines is 2. The van der Waals surface area contributed by atoms with E-state index in [0.29, 0.717) is 16.7 Å². The summed E-state index contributed by atoms with van der Waals surface area (Å²) in [6.45, 7) is 1.73.